The van der Waals surface area contributed by atoms with Crippen molar-refractivity contribution < 1.29 is 28.2 Å². The minimum Gasteiger partial charge on any atom is -0.395 e. The molecule has 0 saturated carbocycles. The number of ether oxygens (including phenoxy) is 2. The van der Waals surface area contributed by atoms with E-state index in [2.05, 4.69) is 30.1 Å². The molecule has 9 nitrogen and oxygen atoms in total. The van der Waals surface area contributed by atoms with Gasteiger partial charge in [0.2, 0.25) is 5.95 Å². The number of nitrogens with one attached hydrogen (secondary N) is 2. The molecule has 2 aromatic carbocycles. The van der Waals surface area contributed by atoms with Gasteiger partial charge in [-0.1, -0.05) is 23.7 Å². The van der Waals surface area contributed by atoms with Crippen molar-refractivity contribution in [2.75, 3.05) is 11.9 Å². The van der Waals surface area contributed by atoms with Crippen LogP contribution in [0.5, 0.6) is 11.5 Å². The number of aliphatic hydroxyl groups is 1. The fourth-order valence-electron chi connectivity index (χ4n) is 3.58. The predicted molar refractivity (Wildman–Crippen MR) is 126 cm³/mol. The van der Waals surface area contributed by atoms with E-state index >= 15 is 0 Å². The van der Waals surface area contributed by atoms with Crippen molar-refractivity contribution in [1.82, 2.24) is 19.9 Å². The van der Waals surface area contributed by atoms with Crippen LogP contribution in [-0.4, -0.2) is 38.5 Å². The number of halogens is 3. The molecule has 184 valence electrons. The normalized spacial score (nSPS) is 14.3. The van der Waals surface area contributed by atoms with Crippen molar-refractivity contribution >= 4 is 29.1 Å². The lowest BCUT2D eigenvalue weighted by Gasteiger charge is -2.16. The second kappa shape index (κ2) is 9.44. The molecule has 4 aromatic rings. The average Bonchev–Trinajstić information content (AvgIpc) is 3.46. The van der Waals surface area contributed by atoms with E-state index in [0.717, 1.165) is 0 Å². The van der Waals surface area contributed by atoms with E-state index in [1.165, 1.54) is 24.4 Å². The van der Waals surface area contributed by atoms with Crippen molar-refractivity contribution in [3.63, 3.8) is 0 Å². The number of benzene rings is 2. The summed E-state index contributed by atoms with van der Waals surface area (Å²) in [4.78, 5) is 21.3. The summed E-state index contributed by atoms with van der Waals surface area (Å²) in [6, 6.07) is 13.7. The number of aliphatic hydroxyl groups excluding tert-OH is 1. The quantitative estimate of drug-likeness (QED) is 0.335. The molecule has 3 heterocycles. The van der Waals surface area contributed by atoms with Crippen LogP contribution in [0.25, 0.3) is 5.82 Å². The summed E-state index contributed by atoms with van der Waals surface area (Å²) in [5.41, 5.74) is 1.44. The molecule has 0 saturated heterocycles. The third-order valence-electron chi connectivity index (χ3n) is 5.26. The number of hydrogen-bond acceptors (Lipinski definition) is 7. The summed E-state index contributed by atoms with van der Waals surface area (Å²) in [5.74, 6) is 0.0715. The highest BCUT2D eigenvalue weighted by atomic mass is 35.5. The fourth-order valence-corrected chi connectivity index (χ4v) is 3.78. The van der Waals surface area contributed by atoms with E-state index in [-0.39, 0.29) is 24.1 Å². The van der Waals surface area contributed by atoms with Gasteiger partial charge in [-0.15, -0.1) is 8.78 Å². The third kappa shape index (κ3) is 5.07. The maximum Gasteiger partial charge on any atom is 0.586 e. The van der Waals surface area contributed by atoms with Crippen molar-refractivity contribution in [2.45, 2.75) is 12.3 Å². The van der Waals surface area contributed by atoms with Gasteiger partial charge in [0, 0.05) is 35.4 Å². The first-order valence-corrected chi connectivity index (χ1v) is 11.0. The van der Waals surface area contributed by atoms with Gasteiger partial charge in [0.25, 0.3) is 5.91 Å². The van der Waals surface area contributed by atoms with Crippen molar-refractivity contribution in [2.24, 2.45) is 0 Å². The van der Waals surface area contributed by atoms with Crippen LogP contribution in [0, 0.1) is 0 Å². The van der Waals surface area contributed by atoms with E-state index < -0.39 is 18.2 Å². The molecule has 0 spiro atoms. The molecule has 1 atom stereocenters. The molecule has 1 aliphatic heterocycles. The fraction of sp³-hybridized carbons (Fsp3) is 0.125. The summed E-state index contributed by atoms with van der Waals surface area (Å²) in [5, 5.41) is 15.9. The van der Waals surface area contributed by atoms with Gasteiger partial charge in [-0.3, -0.25) is 4.79 Å². The number of fused-ring (bicyclic) bond motifs is 1. The number of carbonyl (C=O) groups excluding carboxylic acids is 1. The molecule has 1 amide bonds. The number of amides is 1. The predicted octanol–water partition coefficient (Wildman–Crippen LogP) is 4.45. The van der Waals surface area contributed by atoms with Gasteiger partial charge < -0.3 is 29.8 Å². The Morgan fingerprint density at radius 3 is 2.78 bits per heavy atom. The molecule has 0 fully saturated rings. The number of anilines is 2. The van der Waals surface area contributed by atoms with Crippen LogP contribution in [0.4, 0.5) is 20.4 Å². The molecule has 1 aliphatic rings. The lowest BCUT2D eigenvalue weighted by molar-refractivity contribution is -0.286. The van der Waals surface area contributed by atoms with E-state index in [1.807, 2.05) is 0 Å². The van der Waals surface area contributed by atoms with Crippen LogP contribution < -0.4 is 20.1 Å². The maximum atomic E-state index is 13.2. The molecule has 5 rings (SSSR count). The van der Waals surface area contributed by atoms with Crippen LogP contribution in [0.2, 0.25) is 5.02 Å². The molecule has 0 bridgehead atoms. The van der Waals surface area contributed by atoms with Crippen LogP contribution in [0.3, 0.4) is 0 Å². The molecule has 36 heavy (non-hydrogen) atoms. The van der Waals surface area contributed by atoms with Gasteiger partial charge in [0.05, 0.1) is 18.2 Å². The number of alkyl halides is 2. The first-order chi connectivity index (χ1) is 17.3. The number of carbonyl (C=O) groups is 1. The van der Waals surface area contributed by atoms with Gasteiger partial charge >= 0.3 is 6.29 Å². The minimum atomic E-state index is -3.71. The second-order valence-corrected chi connectivity index (χ2v) is 8.20. The van der Waals surface area contributed by atoms with Gasteiger partial charge in [-0.25, -0.2) is 4.98 Å². The Bertz CT molecular complexity index is 1430. The first-order valence-electron chi connectivity index (χ1n) is 10.7. The standard InChI is InChI=1S/C24H18ClF2N5O4/c25-16-3-1-2-14(10-16)18(13-33)30-22(34)15-7-9-32(12-15)21-6-8-28-23(31-21)29-17-4-5-19-20(11-17)36-24(26,27)35-19/h1-12,18,33H,13H2,(H,30,34)(H,28,29,31). The summed E-state index contributed by atoms with van der Waals surface area (Å²) in [7, 11) is 0. The van der Waals surface area contributed by atoms with Crippen LogP contribution in [0.15, 0.2) is 73.2 Å². The maximum absolute atomic E-state index is 13.2. The molecular formula is C24H18ClF2N5O4. The lowest BCUT2D eigenvalue weighted by Crippen LogP contribution is -2.30. The smallest absolute Gasteiger partial charge is 0.395 e. The molecule has 0 radical (unpaired) electrons. The Morgan fingerprint density at radius 2 is 1.97 bits per heavy atom. The second-order valence-electron chi connectivity index (χ2n) is 7.76. The van der Waals surface area contributed by atoms with E-state index in [9.17, 15) is 18.7 Å². The highest BCUT2D eigenvalue weighted by Gasteiger charge is 2.43. The Hall–Kier alpha value is -4.22. The molecular weight excluding hydrogens is 496 g/mol. The monoisotopic (exact) mass is 513 g/mol. The molecule has 3 N–H and O–H groups in total. The van der Waals surface area contributed by atoms with Crippen molar-refractivity contribution in [3.05, 3.63) is 89.3 Å². The van der Waals surface area contributed by atoms with Gasteiger partial charge in [0.15, 0.2) is 11.5 Å². The zero-order chi connectivity index (χ0) is 25.3. The van der Waals surface area contributed by atoms with Crippen molar-refractivity contribution in [3.8, 4) is 17.3 Å². The van der Waals surface area contributed by atoms with E-state index in [4.69, 9.17) is 11.6 Å². The molecule has 1 unspecified atom stereocenters. The number of nitrogens with zero attached hydrogens (tertiary/aromatic N) is 3. The summed E-state index contributed by atoms with van der Waals surface area (Å²) < 4.78 is 37.0. The summed E-state index contributed by atoms with van der Waals surface area (Å²) in [6.45, 7) is -0.300. The topological polar surface area (TPSA) is 111 Å². The molecule has 12 heteroatoms. The first kappa shape index (κ1) is 23.5. The SMILES string of the molecule is O=C(NC(CO)c1cccc(Cl)c1)c1ccn(-c2ccnc(Nc3ccc4c(c3)OC(F)(F)O4)n2)c1. The van der Waals surface area contributed by atoms with Gasteiger partial charge in [-0.2, -0.15) is 4.98 Å². The van der Waals surface area contributed by atoms with E-state index in [1.54, 1.807) is 53.4 Å². The van der Waals surface area contributed by atoms with Gasteiger partial charge in [-0.05, 0) is 42.0 Å². The minimum absolute atomic E-state index is 0.0721. The third-order valence-corrected chi connectivity index (χ3v) is 5.49. The number of hydrogen-bond donors (Lipinski definition) is 3. The van der Waals surface area contributed by atoms with Crippen molar-refractivity contribution in [1.29, 1.82) is 0 Å². The Morgan fingerprint density at radius 1 is 1.14 bits per heavy atom. The molecule has 0 aliphatic carbocycles. The Balaban J connectivity index is 1.29. The zero-order valence-electron chi connectivity index (χ0n) is 18.4. The van der Waals surface area contributed by atoms with Crippen LogP contribution in [0.1, 0.15) is 22.0 Å². The Kier molecular flexibility index (Phi) is 6.17. The number of rotatable bonds is 7. The zero-order valence-corrected chi connectivity index (χ0v) is 19.1. The summed E-state index contributed by atoms with van der Waals surface area (Å²) in [6.07, 6.45) is 1.03. The highest BCUT2D eigenvalue weighted by molar-refractivity contribution is 6.30. The van der Waals surface area contributed by atoms with Crippen LogP contribution in [-0.2, 0) is 0 Å². The summed E-state index contributed by atoms with van der Waals surface area (Å²) >= 11 is 6.01. The molecule has 2 aromatic heterocycles. The van der Waals surface area contributed by atoms with Crippen LogP contribution >= 0.6 is 11.6 Å². The highest BCUT2D eigenvalue weighted by Crippen LogP contribution is 2.42. The Labute approximate surface area is 208 Å². The largest absolute Gasteiger partial charge is 0.586 e. The number of aromatic nitrogens is 3. The van der Waals surface area contributed by atoms with Gasteiger partial charge in [0.1, 0.15) is 5.82 Å². The lowest BCUT2D eigenvalue weighted by atomic mass is 10.1. The average molecular weight is 514 g/mol. The van der Waals surface area contributed by atoms with E-state index in [0.29, 0.717) is 27.7 Å².